The zero-order valence-corrected chi connectivity index (χ0v) is 20.3. The molecule has 1 aromatic heterocycles. The minimum absolute atomic E-state index is 0.0188. The van der Waals surface area contributed by atoms with Crippen LogP contribution in [0.15, 0.2) is 30.3 Å². The highest BCUT2D eigenvalue weighted by molar-refractivity contribution is 7.90. The summed E-state index contributed by atoms with van der Waals surface area (Å²) in [7, 11) is -2.40. The number of rotatable bonds is 11. The van der Waals surface area contributed by atoms with Gasteiger partial charge in [0, 0.05) is 30.9 Å². The van der Waals surface area contributed by atoms with Crippen molar-refractivity contribution >= 4 is 33.6 Å². The number of nitrogens with one attached hydrogen (secondary N) is 1. The lowest BCUT2D eigenvalue weighted by Gasteiger charge is -2.11. The highest BCUT2D eigenvalue weighted by Crippen LogP contribution is 2.32. The summed E-state index contributed by atoms with van der Waals surface area (Å²) in [4.78, 5) is 12.1. The number of amides is 1. The van der Waals surface area contributed by atoms with Crippen molar-refractivity contribution < 1.29 is 35.9 Å². The first-order valence-corrected chi connectivity index (χ1v) is 12.2. The average Bonchev–Trinajstić information content (AvgIpc) is 3.07. The third-order valence-corrected chi connectivity index (χ3v) is 5.96. The van der Waals surface area contributed by atoms with Crippen LogP contribution in [0.5, 0.6) is 5.88 Å². The molecule has 1 amide bonds. The lowest BCUT2D eigenvalue weighted by Crippen LogP contribution is -2.31. The molecule has 0 unspecified atom stereocenters. The van der Waals surface area contributed by atoms with Crippen LogP contribution in [0, 0.1) is 0 Å². The number of methoxy groups -OCH3 is 1. The van der Waals surface area contributed by atoms with Crippen molar-refractivity contribution in [2.24, 2.45) is 0 Å². The standard InChI is InChI=1S/C21H25ClF3N3O5S/c1-14(2)33-20-12-17(7-8-19(29)27-34(30,31)10-4-9-32-3)28(26-20)13-15-5-6-16(11-18(15)22)21(23,24)25/h5-8,11-12,14H,4,9-10,13H2,1-3H3,(H,27,29). The summed E-state index contributed by atoms with van der Waals surface area (Å²) in [5.74, 6) is -0.939. The van der Waals surface area contributed by atoms with Crippen LogP contribution in [0.3, 0.4) is 0 Å². The Labute approximate surface area is 200 Å². The minimum Gasteiger partial charge on any atom is -0.474 e. The van der Waals surface area contributed by atoms with Crippen LogP contribution < -0.4 is 9.46 Å². The van der Waals surface area contributed by atoms with E-state index in [9.17, 15) is 26.4 Å². The lowest BCUT2D eigenvalue weighted by atomic mass is 10.1. The lowest BCUT2D eigenvalue weighted by molar-refractivity contribution is -0.137. The molecule has 2 aromatic rings. The predicted octanol–water partition coefficient (Wildman–Crippen LogP) is 3.89. The van der Waals surface area contributed by atoms with E-state index in [1.54, 1.807) is 13.8 Å². The number of alkyl halides is 3. The SMILES string of the molecule is COCCCS(=O)(=O)NC(=O)C=Cc1cc(OC(C)C)nn1Cc1ccc(C(F)(F)F)cc1Cl. The van der Waals surface area contributed by atoms with E-state index in [0.29, 0.717) is 11.3 Å². The van der Waals surface area contributed by atoms with Gasteiger partial charge in [-0.3, -0.25) is 9.48 Å². The Morgan fingerprint density at radius 1 is 1.29 bits per heavy atom. The molecule has 0 aliphatic carbocycles. The van der Waals surface area contributed by atoms with Crippen molar-refractivity contribution in [3.8, 4) is 5.88 Å². The molecular formula is C21H25ClF3N3O5S. The van der Waals surface area contributed by atoms with E-state index in [2.05, 4.69) is 5.10 Å². The van der Waals surface area contributed by atoms with Gasteiger partial charge in [0.15, 0.2) is 0 Å². The van der Waals surface area contributed by atoms with Gasteiger partial charge in [0.05, 0.1) is 29.7 Å². The predicted molar refractivity (Wildman–Crippen MR) is 121 cm³/mol. The maximum absolute atomic E-state index is 12.9. The first-order valence-electron chi connectivity index (χ1n) is 10.1. The Bertz CT molecular complexity index is 1130. The summed E-state index contributed by atoms with van der Waals surface area (Å²) in [5.41, 5.74) is -0.179. The van der Waals surface area contributed by atoms with Crippen molar-refractivity contribution in [3.63, 3.8) is 0 Å². The molecule has 13 heteroatoms. The summed E-state index contributed by atoms with van der Waals surface area (Å²) in [6.45, 7) is 3.77. The molecule has 34 heavy (non-hydrogen) atoms. The average molecular weight is 524 g/mol. The number of nitrogens with zero attached hydrogens (tertiary/aromatic N) is 2. The normalized spacial score (nSPS) is 12.5. The maximum atomic E-state index is 12.9. The molecule has 0 spiro atoms. The van der Waals surface area contributed by atoms with Gasteiger partial charge in [-0.15, -0.1) is 5.10 Å². The topological polar surface area (TPSA) is 99.5 Å². The molecule has 0 saturated carbocycles. The van der Waals surface area contributed by atoms with E-state index >= 15 is 0 Å². The van der Waals surface area contributed by atoms with Gasteiger partial charge in [-0.1, -0.05) is 17.7 Å². The first-order chi connectivity index (χ1) is 15.8. The van der Waals surface area contributed by atoms with Crippen LogP contribution in [0.25, 0.3) is 6.08 Å². The van der Waals surface area contributed by atoms with Gasteiger partial charge >= 0.3 is 6.18 Å². The van der Waals surface area contributed by atoms with Gasteiger partial charge in [-0.2, -0.15) is 13.2 Å². The Morgan fingerprint density at radius 2 is 2.00 bits per heavy atom. The number of aromatic nitrogens is 2. The van der Waals surface area contributed by atoms with Crippen molar-refractivity contribution in [3.05, 3.63) is 52.2 Å². The number of hydrogen-bond acceptors (Lipinski definition) is 6. The van der Waals surface area contributed by atoms with Crippen LogP contribution in [-0.4, -0.2) is 49.7 Å². The molecule has 1 N–H and O–H groups in total. The summed E-state index contributed by atoms with van der Waals surface area (Å²) < 4.78 is 76.3. The van der Waals surface area contributed by atoms with Crippen molar-refractivity contribution in [1.82, 2.24) is 14.5 Å². The summed E-state index contributed by atoms with van der Waals surface area (Å²) in [6.07, 6.45) is -2.19. The van der Waals surface area contributed by atoms with Crippen LogP contribution in [0.4, 0.5) is 13.2 Å². The molecule has 8 nitrogen and oxygen atoms in total. The zero-order chi connectivity index (χ0) is 25.5. The number of carbonyl (C=O) groups is 1. The van der Waals surface area contributed by atoms with Crippen molar-refractivity contribution in [1.29, 1.82) is 0 Å². The monoisotopic (exact) mass is 523 g/mol. The molecule has 2 rings (SSSR count). The smallest absolute Gasteiger partial charge is 0.416 e. The fourth-order valence-corrected chi connectivity index (χ4v) is 3.99. The van der Waals surface area contributed by atoms with Crippen molar-refractivity contribution in [2.75, 3.05) is 19.5 Å². The van der Waals surface area contributed by atoms with E-state index < -0.39 is 27.7 Å². The van der Waals surface area contributed by atoms with Gasteiger partial charge in [0.2, 0.25) is 15.9 Å². The summed E-state index contributed by atoms with van der Waals surface area (Å²) >= 11 is 6.05. The minimum atomic E-state index is -4.53. The Balaban J connectivity index is 2.24. The molecule has 0 aliphatic rings. The van der Waals surface area contributed by atoms with Gasteiger partial charge in [0.1, 0.15) is 0 Å². The number of sulfonamides is 1. The number of ether oxygens (including phenoxy) is 2. The molecule has 188 valence electrons. The van der Waals surface area contributed by atoms with E-state index in [1.807, 2.05) is 4.72 Å². The largest absolute Gasteiger partial charge is 0.474 e. The van der Waals surface area contributed by atoms with Crippen LogP contribution >= 0.6 is 11.6 Å². The van der Waals surface area contributed by atoms with E-state index in [4.69, 9.17) is 21.1 Å². The quantitative estimate of drug-likeness (QED) is 0.354. The van der Waals surface area contributed by atoms with Crippen molar-refractivity contribution in [2.45, 2.75) is 39.1 Å². The molecule has 1 heterocycles. The molecule has 0 aliphatic heterocycles. The van der Waals surface area contributed by atoms with Gasteiger partial charge in [-0.05, 0) is 44.0 Å². The highest BCUT2D eigenvalue weighted by atomic mass is 35.5. The van der Waals surface area contributed by atoms with Crippen LogP contribution in [0.2, 0.25) is 5.02 Å². The van der Waals surface area contributed by atoms with Gasteiger partial charge in [-0.25, -0.2) is 13.1 Å². The number of carbonyl (C=O) groups excluding carboxylic acids is 1. The van der Waals surface area contributed by atoms with Gasteiger partial charge < -0.3 is 9.47 Å². The summed E-state index contributed by atoms with van der Waals surface area (Å²) in [5, 5.41) is 4.15. The first kappa shape index (κ1) is 27.7. The number of benzene rings is 1. The second kappa shape index (κ2) is 11.7. The molecule has 1 aromatic carbocycles. The fourth-order valence-electron chi connectivity index (χ4n) is 2.77. The highest BCUT2D eigenvalue weighted by Gasteiger charge is 2.31. The molecule has 0 fully saturated rings. The van der Waals surface area contributed by atoms with E-state index in [-0.39, 0.29) is 42.3 Å². The number of hydrogen-bond donors (Lipinski definition) is 1. The molecule has 0 bridgehead atoms. The second-order valence-electron chi connectivity index (χ2n) is 7.50. The molecular weight excluding hydrogens is 499 g/mol. The summed E-state index contributed by atoms with van der Waals surface area (Å²) in [6, 6.07) is 4.48. The molecule has 0 radical (unpaired) electrons. The third-order valence-electron chi connectivity index (χ3n) is 4.27. The maximum Gasteiger partial charge on any atom is 0.416 e. The Morgan fingerprint density at radius 3 is 2.59 bits per heavy atom. The van der Waals surface area contributed by atoms with Crippen LogP contribution in [-0.2, 0) is 32.3 Å². The van der Waals surface area contributed by atoms with E-state index in [0.717, 1.165) is 18.2 Å². The Hall–Kier alpha value is -2.57. The third kappa shape index (κ3) is 8.65. The number of halogens is 4. The molecule has 0 atom stereocenters. The van der Waals surface area contributed by atoms with E-state index in [1.165, 1.54) is 30.0 Å². The Kier molecular flexibility index (Phi) is 9.54. The molecule has 0 saturated heterocycles. The fraction of sp³-hybridized carbons (Fsp3) is 0.429. The second-order valence-corrected chi connectivity index (χ2v) is 9.75. The van der Waals surface area contributed by atoms with Gasteiger partial charge in [0.25, 0.3) is 5.91 Å². The zero-order valence-electron chi connectivity index (χ0n) is 18.7. The van der Waals surface area contributed by atoms with Crippen LogP contribution in [0.1, 0.15) is 37.1 Å².